The minimum atomic E-state index is -0.0157. The van der Waals surface area contributed by atoms with E-state index in [0.29, 0.717) is 6.61 Å². The van der Waals surface area contributed by atoms with Crippen molar-refractivity contribution in [2.75, 3.05) is 33.4 Å². The highest BCUT2D eigenvalue weighted by molar-refractivity contribution is 7.12. The van der Waals surface area contributed by atoms with Crippen LogP contribution in [0.15, 0.2) is 17.5 Å². The third-order valence-corrected chi connectivity index (χ3v) is 5.30. The normalized spacial score (nSPS) is 30.1. The first-order valence-corrected chi connectivity index (χ1v) is 8.06. The highest BCUT2D eigenvalue weighted by atomic mass is 32.1. The first kappa shape index (κ1) is 14.0. The van der Waals surface area contributed by atoms with Gasteiger partial charge in [0, 0.05) is 32.2 Å². The van der Waals surface area contributed by atoms with Crippen LogP contribution in [0.1, 0.15) is 28.9 Å². The van der Waals surface area contributed by atoms with E-state index in [9.17, 15) is 4.79 Å². The lowest BCUT2D eigenvalue weighted by atomic mass is 9.73. The number of hydrogen-bond donors (Lipinski definition) is 0. The number of likely N-dealkylation sites (tertiary alicyclic amines) is 1. The molecule has 0 unspecified atom stereocenters. The van der Waals surface area contributed by atoms with Crippen LogP contribution < -0.4 is 0 Å². The van der Waals surface area contributed by atoms with Crippen LogP contribution in [0.3, 0.4) is 0 Å². The standard InChI is InChI=1S/C15H21NO3S/c1-18-11-15-6-3-8-19-13(15)5-7-16(10-15)14(17)12-4-2-9-20-12/h2,4,9,13H,3,5-8,10-11H2,1H3/t13-,15+/m1/s1. The van der Waals surface area contributed by atoms with Crippen molar-refractivity contribution in [1.29, 1.82) is 0 Å². The number of piperidine rings is 1. The number of methoxy groups -OCH3 is 1. The second kappa shape index (κ2) is 5.84. The number of ether oxygens (including phenoxy) is 2. The van der Waals surface area contributed by atoms with Crippen LogP contribution in [-0.4, -0.2) is 50.3 Å². The van der Waals surface area contributed by atoms with Gasteiger partial charge in [0.1, 0.15) is 0 Å². The van der Waals surface area contributed by atoms with Gasteiger partial charge in [0.25, 0.3) is 5.91 Å². The predicted molar refractivity (Wildman–Crippen MR) is 78.1 cm³/mol. The zero-order chi connectivity index (χ0) is 14.0. The molecule has 5 heteroatoms. The highest BCUT2D eigenvalue weighted by Gasteiger charge is 2.47. The molecule has 0 aromatic carbocycles. The van der Waals surface area contributed by atoms with Gasteiger partial charge in [-0.15, -0.1) is 11.3 Å². The summed E-state index contributed by atoms with van der Waals surface area (Å²) in [6.07, 6.45) is 3.30. The molecule has 1 amide bonds. The fraction of sp³-hybridized carbons (Fsp3) is 0.667. The number of thiophene rings is 1. The molecule has 4 nitrogen and oxygen atoms in total. The highest BCUT2D eigenvalue weighted by Crippen LogP contribution is 2.40. The molecule has 2 atom stereocenters. The third kappa shape index (κ3) is 2.50. The fourth-order valence-corrected chi connectivity index (χ4v) is 4.21. The smallest absolute Gasteiger partial charge is 0.263 e. The topological polar surface area (TPSA) is 38.8 Å². The van der Waals surface area contributed by atoms with Crippen LogP contribution in [0.4, 0.5) is 0 Å². The first-order valence-electron chi connectivity index (χ1n) is 7.18. The van der Waals surface area contributed by atoms with E-state index in [2.05, 4.69) is 0 Å². The Bertz CT molecular complexity index is 458. The third-order valence-electron chi connectivity index (χ3n) is 4.44. The van der Waals surface area contributed by atoms with E-state index in [1.165, 1.54) is 11.3 Å². The average molecular weight is 295 g/mol. The van der Waals surface area contributed by atoms with Gasteiger partial charge in [0.2, 0.25) is 0 Å². The van der Waals surface area contributed by atoms with E-state index in [4.69, 9.17) is 9.47 Å². The zero-order valence-corrected chi connectivity index (χ0v) is 12.7. The van der Waals surface area contributed by atoms with Gasteiger partial charge in [-0.05, 0) is 30.7 Å². The van der Waals surface area contributed by atoms with Gasteiger partial charge >= 0.3 is 0 Å². The minimum absolute atomic E-state index is 0.0157. The number of hydrogen-bond acceptors (Lipinski definition) is 4. The summed E-state index contributed by atoms with van der Waals surface area (Å²) in [6.45, 7) is 3.05. The molecule has 20 heavy (non-hydrogen) atoms. The summed E-state index contributed by atoms with van der Waals surface area (Å²) >= 11 is 1.51. The van der Waals surface area contributed by atoms with E-state index in [0.717, 1.165) is 43.8 Å². The SMILES string of the molecule is COC[C@@]12CCCO[C@@H]1CCN(C(=O)c1cccs1)C2. The number of carbonyl (C=O) groups excluding carboxylic acids is 1. The maximum atomic E-state index is 12.5. The van der Waals surface area contributed by atoms with Gasteiger partial charge < -0.3 is 14.4 Å². The molecule has 1 aromatic rings. The summed E-state index contributed by atoms with van der Waals surface area (Å²) < 4.78 is 11.4. The first-order chi connectivity index (χ1) is 9.75. The predicted octanol–water partition coefficient (Wildman–Crippen LogP) is 2.41. The lowest BCUT2D eigenvalue weighted by Crippen LogP contribution is -2.57. The van der Waals surface area contributed by atoms with Crippen molar-refractivity contribution >= 4 is 17.2 Å². The van der Waals surface area contributed by atoms with Crippen LogP contribution in [0.5, 0.6) is 0 Å². The Hall–Kier alpha value is -0.910. The lowest BCUT2D eigenvalue weighted by molar-refractivity contribution is -0.142. The van der Waals surface area contributed by atoms with Crippen molar-refractivity contribution in [1.82, 2.24) is 4.90 Å². The molecule has 0 radical (unpaired) electrons. The number of amides is 1. The van der Waals surface area contributed by atoms with Gasteiger partial charge in [0.05, 0.1) is 17.6 Å². The Morgan fingerprint density at radius 2 is 2.55 bits per heavy atom. The molecule has 2 aliphatic heterocycles. The zero-order valence-electron chi connectivity index (χ0n) is 11.8. The van der Waals surface area contributed by atoms with Crippen molar-refractivity contribution in [2.24, 2.45) is 5.41 Å². The second-order valence-electron chi connectivity index (χ2n) is 5.75. The summed E-state index contributed by atoms with van der Waals surface area (Å²) in [5, 5.41) is 1.95. The Morgan fingerprint density at radius 1 is 1.65 bits per heavy atom. The lowest BCUT2D eigenvalue weighted by Gasteiger charge is -2.50. The Kier molecular flexibility index (Phi) is 4.10. The quantitative estimate of drug-likeness (QED) is 0.859. The molecule has 3 rings (SSSR count). The molecule has 0 aliphatic carbocycles. The Labute approximate surface area is 123 Å². The molecule has 110 valence electrons. The summed E-state index contributed by atoms with van der Waals surface area (Å²) in [6, 6.07) is 3.83. The molecular formula is C15H21NO3S. The van der Waals surface area contributed by atoms with E-state index >= 15 is 0 Å². The molecule has 2 aliphatic rings. The molecule has 3 heterocycles. The second-order valence-corrected chi connectivity index (χ2v) is 6.70. The molecule has 0 spiro atoms. The summed E-state index contributed by atoms with van der Waals surface area (Å²) in [5.74, 6) is 0.152. The van der Waals surface area contributed by atoms with Crippen LogP contribution in [0, 0.1) is 5.41 Å². The molecule has 0 bridgehead atoms. The van der Waals surface area contributed by atoms with Crippen molar-refractivity contribution in [2.45, 2.75) is 25.4 Å². The molecular weight excluding hydrogens is 274 g/mol. The number of rotatable bonds is 3. The van der Waals surface area contributed by atoms with Crippen LogP contribution in [-0.2, 0) is 9.47 Å². The van der Waals surface area contributed by atoms with Gasteiger partial charge in [-0.25, -0.2) is 0 Å². The largest absolute Gasteiger partial charge is 0.384 e. The summed E-state index contributed by atoms with van der Waals surface area (Å²) in [5.41, 5.74) is -0.0157. The minimum Gasteiger partial charge on any atom is -0.384 e. The van der Waals surface area contributed by atoms with Crippen LogP contribution in [0.2, 0.25) is 0 Å². The monoisotopic (exact) mass is 295 g/mol. The van der Waals surface area contributed by atoms with Gasteiger partial charge in [-0.2, -0.15) is 0 Å². The fourth-order valence-electron chi connectivity index (χ4n) is 3.52. The van der Waals surface area contributed by atoms with Crippen molar-refractivity contribution in [3.8, 4) is 0 Å². The van der Waals surface area contributed by atoms with Crippen molar-refractivity contribution in [3.05, 3.63) is 22.4 Å². The van der Waals surface area contributed by atoms with Gasteiger partial charge in [0.15, 0.2) is 0 Å². The molecule has 0 N–H and O–H groups in total. The maximum absolute atomic E-state index is 12.5. The van der Waals surface area contributed by atoms with Crippen molar-refractivity contribution < 1.29 is 14.3 Å². The van der Waals surface area contributed by atoms with E-state index in [1.54, 1.807) is 7.11 Å². The van der Waals surface area contributed by atoms with E-state index < -0.39 is 0 Å². The van der Waals surface area contributed by atoms with Crippen LogP contribution in [0.25, 0.3) is 0 Å². The molecule has 2 saturated heterocycles. The number of fused-ring (bicyclic) bond motifs is 1. The number of nitrogens with zero attached hydrogens (tertiary/aromatic N) is 1. The molecule has 2 fully saturated rings. The Morgan fingerprint density at radius 3 is 3.30 bits per heavy atom. The van der Waals surface area contributed by atoms with E-state index in [1.807, 2.05) is 22.4 Å². The summed E-state index contributed by atoms with van der Waals surface area (Å²) in [7, 11) is 1.74. The van der Waals surface area contributed by atoms with Crippen molar-refractivity contribution in [3.63, 3.8) is 0 Å². The molecule has 1 aromatic heterocycles. The van der Waals surface area contributed by atoms with E-state index in [-0.39, 0.29) is 17.4 Å². The van der Waals surface area contributed by atoms with Crippen LogP contribution >= 0.6 is 11.3 Å². The average Bonchev–Trinajstić information content (AvgIpc) is 3.00. The number of carbonyl (C=O) groups is 1. The summed E-state index contributed by atoms with van der Waals surface area (Å²) in [4.78, 5) is 15.3. The Balaban J connectivity index is 1.77. The van der Waals surface area contributed by atoms with Gasteiger partial charge in [-0.1, -0.05) is 6.07 Å². The van der Waals surface area contributed by atoms with Gasteiger partial charge in [-0.3, -0.25) is 4.79 Å². The molecule has 0 saturated carbocycles. The maximum Gasteiger partial charge on any atom is 0.263 e.